The van der Waals surface area contributed by atoms with Crippen molar-refractivity contribution in [1.29, 1.82) is 0 Å². The molecule has 1 saturated carbocycles. The van der Waals surface area contributed by atoms with Crippen LogP contribution in [0.3, 0.4) is 0 Å². The molecule has 2 N–H and O–H groups in total. The van der Waals surface area contributed by atoms with Crippen LogP contribution < -0.4 is 5.32 Å². The van der Waals surface area contributed by atoms with E-state index >= 15 is 0 Å². The van der Waals surface area contributed by atoms with Crippen LogP contribution in [0.4, 0.5) is 4.39 Å². The van der Waals surface area contributed by atoms with Gasteiger partial charge in [-0.3, -0.25) is 4.79 Å². The Labute approximate surface area is 99.7 Å². The number of hydrogen-bond acceptors (Lipinski definition) is 2. The van der Waals surface area contributed by atoms with E-state index in [-0.39, 0.29) is 36.2 Å². The highest BCUT2D eigenvalue weighted by Crippen LogP contribution is 2.47. The fourth-order valence-corrected chi connectivity index (χ4v) is 1.96. The topological polar surface area (TPSA) is 49.3 Å². The molecular formula is C13H16FNO2. The fourth-order valence-electron chi connectivity index (χ4n) is 1.96. The minimum absolute atomic E-state index is 0.0270. The van der Waals surface area contributed by atoms with Gasteiger partial charge < -0.3 is 10.4 Å². The molecule has 92 valence electrons. The van der Waals surface area contributed by atoms with E-state index in [0.717, 1.165) is 12.0 Å². The van der Waals surface area contributed by atoms with Crippen molar-refractivity contribution < 1.29 is 14.3 Å². The number of hydrogen-bond donors (Lipinski definition) is 2. The Morgan fingerprint density at radius 1 is 1.53 bits per heavy atom. The molecule has 3 unspecified atom stereocenters. The van der Waals surface area contributed by atoms with Gasteiger partial charge in [0, 0.05) is 12.0 Å². The summed E-state index contributed by atoms with van der Waals surface area (Å²) >= 11 is 0. The Morgan fingerprint density at radius 2 is 2.18 bits per heavy atom. The predicted octanol–water partition coefficient (Wildman–Crippen LogP) is 1.43. The zero-order chi connectivity index (χ0) is 12.4. The van der Waals surface area contributed by atoms with E-state index in [1.165, 1.54) is 12.1 Å². The largest absolute Gasteiger partial charge is 0.394 e. The number of nitrogens with one attached hydrogen (secondary N) is 1. The number of carbonyl (C=O) groups excluding carboxylic acids is 1. The molecule has 1 aromatic carbocycles. The SMILES string of the molecule is CC(CO)NC(=O)C1CC1c1ccc(F)cc1. The lowest BCUT2D eigenvalue weighted by molar-refractivity contribution is -0.123. The predicted molar refractivity (Wildman–Crippen MR) is 61.9 cm³/mol. The summed E-state index contributed by atoms with van der Waals surface area (Å²) in [5.41, 5.74) is 1.00. The van der Waals surface area contributed by atoms with Crippen LogP contribution in [0.2, 0.25) is 0 Å². The third-order valence-corrected chi connectivity index (χ3v) is 3.09. The minimum atomic E-state index is -0.260. The van der Waals surface area contributed by atoms with Crippen molar-refractivity contribution in [2.75, 3.05) is 6.61 Å². The van der Waals surface area contributed by atoms with Crippen molar-refractivity contribution in [3.63, 3.8) is 0 Å². The zero-order valence-corrected chi connectivity index (χ0v) is 9.69. The first kappa shape index (κ1) is 12.0. The highest BCUT2D eigenvalue weighted by Gasteiger charge is 2.44. The van der Waals surface area contributed by atoms with Crippen LogP contribution in [0.25, 0.3) is 0 Å². The van der Waals surface area contributed by atoms with Gasteiger partial charge in [0.05, 0.1) is 6.61 Å². The summed E-state index contributed by atoms with van der Waals surface area (Å²) in [5, 5.41) is 11.6. The first-order chi connectivity index (χ1) is 8.11. The highest BCUT2D eigenvalue weighted by molar-refractivity contribution is 5.83. The van der Waals surface area contributed by atoms with E-state index in [4.69, 9.17) is 5.11 Å². The smallest absolute Gasteiger partial charge is 0.224 e. The van der Waals surface area contributed by atoms with Crippen LogP contribution in [0.1, 0.15) is 24.8 Å². The van der Waals surface area contributed by atoms with Gasteiger partial charge in [0.2, 0.25) is 5.91 Å². The third-order valence-electron chi connectivity index (χ3n) is 3.09. The van der Waals surface area contributed by atoms with Crippen molar-refractivity contribution in [3.8, 4) is 0 Å². The molecule has 0 heterocycles. The van der Waals surface area contributed by atoms with Crippen LogP contribution in [0.15, 0.2) is 24.3 Å². The molecule has 1 amide bonds. The molecule has 1 fully saturated rings. The van der Waals surface area contributed by atoms with Gasteiger partial charge in [-0.1, -0.05) is 12.1 Å². The van der Waals surface area contributed by atoms with Crippen LogP contribution in [0, 0.1) is 11.7 Å². The summed E-state index contributed by atoms with van der Waals surface area (Å²) in [5.74, 6) is -0.124. The Kier molecular flexibility index (Phi) is 3.43. The molecule has 4 heteroatoms. The van der Waals surface area contributed by atoms with Gasteiger partial charge in [-0.2, -0.15) is 0 Å². The van der Waals surface area contributed by atoms with E-state index in [0.29, 0.717) is 0 Å². The van der Waals surface area contributed by atoms with E-state index in [2.05, 4.69) is 5.32 Å². The quantitative estimate of drug-likeness (QED) is 0.832. The average molecular weight is 237 g/mol. The lowest BCUT2D eigenvalue weighted by Gasteiger charge is -2.10. The molecule has 0 saturated heterocycles. The Morgan fingerprint density at radius 3 is 2.76 bits per heavy atom. The van der Waals surface area contributed by atoms with Crippen LogP contribution in [-0.4, -0.2) is 23.7 Å². The summed E-state index contributed by atoms with van der Waals surface area (Å²) in [7, 11) is 0. The van der Waals surface area contributed by atoms with Crippen molar-refractivity contribution in [2.24, 2.45) is 5.92 Å². The van der Waals surface area contributed by atoms with Crippen molar-refractivity contribution in [1.82, 2.24) is 5.32 Å². The Bertz CT molecular complexity index is 404. The number of aliphatic hydroxyl groups excluding tert-OH is 1. The van der Waals surface area contributed by atoms with E-state index < -0.39 is 0 Å². The molecule has 17 heavy (non-hydrogen) atoms. The number of carbonyl (C=O) groups is 1. The van der Waals surface area contributed by atoms with E-state index in [1.807, 2.05) is 0 Å². The van der Waals surface area contributed by atoms with Crippen LogP contribution in [0.5, 0.6) is 0 Å². The lowest BCUT2D eigenvalue weighted by Crippen LogP contribution is -2.36. The summed E-state index contributed by atoms with van der Waals surface area (Å²) in [6.07, 6.45) is 0.801. The first-order valence-corrected chi connectivity index (χ1v) is 5.78. The molecule has 0 aliphatic heterocycles. The van der Waals surface area contributed by atoms with E-state index in [1.54, 1.807) is 19.1 Å². The van der Waals surface area contributed by atoms with Crippen LogP contribution in [-0.2, 0) is 4.79 Å². The standard InChI is InChI=1S/C13H16FNO2/c1-8(7-16)15-13(17)12-6-11(12)9-2-4-10(14)5-3-9/h2-5,8,11-12,16H,6-7H2,1H3,(H,15,17). The maximum absolute atomic E-state index is 12.7. The average Bonchev–Trinajstić information content (AvgIpc) is 3.10. The molecule has 0 radical (unpaired) electrons. The molecule has 0 bridgehead atoms. The molecule has 0 spiro atoms. The summed E-state index contributed by atoms with van der Waals surface area (Å²) < 4.78 is 12.7. The molecule has 1 aliphatic carbocycles. The third kappa shape index (κ3) is 2.82. The maximum Gasteiger partial charge on any atom is 0.224 e. The molecular weight excluding hydrogens is 221 g/mol. The monoisotopic (exact) mass is 237 g/mol. The second-order valence-corrected chi connectivity index (χ2v) is 4.59. The molecule has 1 aliphatic rings. The second-order valence-electron chi connectivity index (χ2n) is 4.59. The van der Waals surface area contributed by atoms with Gasteiger partial charge in [0.1, 0.15) is 5.82 Å². The van der Waals surface area contributed by atoms with Gasteiger partial charge in [0.15, 0.2) is 0 Å². The number of rotatable bonds is 4. The van der Waals surface area contributed by atoms with Gasteiger partial charge in [-0.25, -0.2) is 4.39 Å². The number of halogens is 1. The second kappa shape index (κ2) is 4.84. The Hall–Kier alpha value is -1.42. The van der Waals surface area contributed by atoms with Gasteiger partial charge in [-0.05, 0) is 37.0 Å². The lowest BCUT2D eigenvalue weighted by atomic mass is 10.1. The molecule has 2 rings (SSSR count). The molecule has 1 aromatic rings. The highest BCUT2D eigenvalue weighted by atomic mass is 19.1. The number of benzene rings is 1. The number of amides is 1. The summed E-state index contributed by atoms with van der Waals surface area (Å²) in [6, 6.07) is 6.07. The van der Waals surface area contributed by atoms with Crippen molar-refractivity contribution in [3.05, 3.63) is 35.6 Å². The van der Waals surface area contributed by atoms with Crippen molar-refractivity contribution in [2.45, 2.75) is 25.3 Å². The maximum atomic E-state index is 12.7. The van der Waals surface area contributed by atoms with Crippen molar-refractivity contribution >= 4 is 5.91 Å². The van der Waals surface area contributed by atoms with Gasteiger partial charge in [0.25, 0.3) is 0 Å². The van der Waals surface area contributed by atoms with Gasteiger partial charge >= 0.3 is 0 Å². The summed E-state index contributed by atoms with van der Waals surface area (Å²) in [4.78, 5) is 11.7. The van der Waals surface area contributed by atoms with Crippen LogP contribution >= 0.6 is 0 Å². The molecule has 3 atom stereocenters. The minimum Gasteiger partial charge on any atom is -0.394 e. The molecule has 0 aromatic heterocycles. The normalized spacial score (nSPS) is 24.2. The molecule has 3 nitrogen and oxygen atoms in total. The number of aliphatic hydroxyl groups is 1. The van der Waals surface area contributed by atoms with E-state index in [9.17, 15) is 9.18 Å². The zero-order valence-electron chi connectivity index (χ0n) is 9.69. The fraction of sp³-hybridized carbons (Fsp3) is 0.462. The Balaban J connectivity index is 1.92. The first-order valence-electron chi connectivity index (χ1n) is 5.78. The van der Waals surface area contributed by atoms with Gasteiger partial charge in [-0.15, -0.1) is 0 Å². The summed E-state index contributed by atoms with van der Waals surface area (Å²) in [6.45, 7) is 1.70.